The van der Waals surface area contributed by atoms with Crippen molar-refractivity contribution in [2.24, 2.45) is 5.41 Å². The predicted molar refractivity (Wildman–Crippen MR) is 77.8 cm³/mol. The van der Waals surface area contributed by atoms with Gasteiger partial charge in [0.1, 0.15) is 0 Å². The van der Waals surface area contributed by atoms with Crippen molar-refractivity contribution in [3.05, 3.63) is 29.3 Å². The van der Waals surface area contributed by atoms with Gasteiger partial charge in [-0.05, 0) is 24.6 Å². The molecule has 0 radical (unpaired) electrons. The lowest BCUT2D eigenvalue weighted by atomic mass is 9.95. The monoisotopic (exact) mass is 259 g/mol. The SMILES string of the molecule is Cc1ccc(C#CCCO)cc1NC(=O)C(C)(C)C. The zero-order chi connectivity index (χ0) is 14.5. The molecule has 0 aromatic heterocycles. The smallest absolute Gasteiger partial charge is 0.229 e. The van der Waals surface area contributed by atoms with Crippen molar-refractivity contribution in [1.82, 2.24) is 0 Å². The van der Waals surface area contributed by atoms with Gasteiger partial charge in [-0.1, -0.05) is 38.7 Å². The minimum absolute atomic E-state index is 0.0175. The summed E-state index contributed by atoms with van der Waals surface area (Å²) in [5, 5.41) is 11.6. The number of carbonyl (C=O) groups is 1. The predicted octanol–water partition coefficient (Wildman–Crippen LogP) is 2.71. The Hall–Kier alpha value is -1.79. The van der Waals surface area contributed by atoms with Crippen LogP contribution < -0.4 is 5.32 Å². The largest absolute Gasteiger partial charge is 0.395 e. The Morgan fingerprint density at radius 1 is 1.37 bits per heavy atom. The first-order valence-corrected chi connectivity index (χ1v) is 6.36. The van der Waals surface area contributed by atoms with Crippen LogP contribution in [0, 0.1) is 24.2 Å². The summed E-state index contributed by atoms with van der Waals surface area (Å²) >= 11 is 0. The van der Waals surface area contributed by atoms with E-state index in [0.29, 0.717) is 6.42 Å². The summed E-state index contributed by atoms with van der Waals surface area (Å²) in [6, 6.07) is 5.71. The van der Waals surface area contributed by atoms with Gasteiger partial charge in [-0.3, -0.25) is 4.79 Å². The molecule has 0 saturated carbocycles. The van der Waals surface area contributed by atoms with Crippen molar-refractivity contribution >= 4 is 11.6 Å². The molecule has 102 valence electrons. The highest BCUT2D eigenvalue weighted by molar-refractivity contribution is 5.95. The summed E-state index contributed by atoms with van der Waals surface area (Å²) < 4.78 is 0. The van der Waals surface area contributed by atoms with Crippen molar-refractivity contribution in [3.8, 4) is 11.8 Å². The van der Waals surface area contributed by atoms with Crippen LogP contribution in [0.25, 0.3) is 0 Å². The lowest BCUT2D eigenvalue weighted by molar-refractivity contribution is -0.123. The van der Waals surface area contributed by atoms with Gasteiger partial charge in [0.05, 0.1) is 6.61 Å². The van der Waals surface area contributed by atoms with Crippen molar-refractivity contribution in [2.45, 2.75) is 34.1 Å². The van der Waals surface area contributed by atoms with E-state index in [4.69, 9.17) is 5.11 Å². The number of benzene rings is 1. The summed E-state index contributed by atoms with van der Waals surface area (Å²) in [5.41, 5.74) is 2.20. The molecule has 0 aliphatic carbocycles. The number of aliphatic hydroxyl groups is 1. The molecular formula is C16H21NO2. The highest BCUT2D eigenvalue weighted by Gasteiger charge is 2.21. The van der Waals surface area contributed by atoms with Gasteiger partial charge in [-0.2, -0.15) is 0 Å². The standard InChI is InChI=1S/C16H21NO2/c1-12-8-9-13(7-5-6-10-18)11-14(12)17-15(19)16(2,3)4/h8-9,11,18H,6,10H2,1-4H3,(H,17,19). The van der Waals surface area contributed by atoms with Gasteiger partial charge >= 0.3 is 0 Å². The molecule has 0 atom stereocenters. The van der Waals surface area contributed by atoms with Crippen LogP contribution in [-0.2, 0) is 4.79 Å². The van der Waals surface area contributed by atoms with Crippen LogP contribution >= 0.6 is 0 Å². The molecule has 0 spiro atoms. The minimum Gasteiger partial charge on any atom is -0.395 e. The molecule has 0 unspecified atom stereocenters. The number of amides is 1. The number of anilines is 1. The molecule has 19 heavy (non-hydrogen) atoms. The molecule has 1 aromatic carbocycles. The fourth-order valence-electron chi connectivity index (χ4n) is 1.36. The first kappa shape index (κ1) is 15.3. The van der Waals surface area contributed by atoms with Crippen LogP contribution in [0.15, 0.2) is 18.2 Å². The van der Waals surface area contributed by atoms with Crippen molar-refractivity contribution in [2.75, 3.05) is 11.9 Å². The van der Waals surface area contributed by atoms with Crippen LogP contribution in [0.1, 0.15) is 38.3 Å². The zero-order valence-electron chi connectivity index (χ0n) is 12.0. The van der Waals surface area contributed by atoms with Gasteiger partial charge in [0.15, 0.2) is 0 Å². The van der Waals surface area contributed by atoms with Crippen LogP contribution in [0.5, 0.6) is 0 Å². The number of aryl methyl sites for hydroxylation is 1. The van der Waals surface area contributed by atoms with Crippen LogP contribution in [0.4, 0.5) is 5.69 Å². The molecule has 0 fully saturated rings. The molecule has 0 heterocycles. The Balaban J connectivity index is 2.93. The molecule has 0 aliphatic heterocycles. The number of hydrogen-bond donors (Lipinski definition) is 2. The highest BCUT2D eigenvalue weighted by atomic mass is 16.2. The molecule has 3 heteroatoms. The van der Waals surface area contributed by atoms with Gasteiger partial charge in [0.25, 0.3) is 0 Å². The summed E-state index contributed by atoms with van der Waals surface area (Å²) in [5.74, 6) is 5.82. The van der Waals surface area contributed by atoms with E-state index < -0.39 is 5.41 Å². The Morgan fingerprint density at radius 3 is 2.63 bits per heavy atom. The molecule has 0 saturated heterocycles. The first-order chi connectivity index (χ1) is 8.84. The number of aliphatic hydroxyl groups excluding tert-OH is 1. The van der Waals surface area contributed by atoms with Gasteiger partial charge in [-0.25, -0.2) is 0 Å². The quantitative estimate of drug-likeness (QED) is 0.802. The summed E-state index contributed by atoms with van der Waals surface area (Å²) in [6.07, 6.45) is 0.456. The van der Waals surface area contributed by atoms with Crippen LogP contribution in [-0.4, -0.2) is 17.6 Å². The maximum absolute atomic E-state index is 12.0. The van der Waals surface area contributed by atoms with Crippen molar-refractivity contribution in [3.63, 3.8) is 0 Å². The van der Waals surface area contributed by atoms with Gasteiger partial charge in [-0.15, -0.1) is 0 Å². The maximum atomic E-state index is 12.0. The lowest BCUT2D eigenvalue weighted by Crippen LogP contribution is -2.27. The zero-order valence-corrected chi connectivity index (χ0v) is 12.0. The van der Waals surface area contributed by atoms with E-state index in [1.165, 1.54) is 0 Å². The molecule has 0 aliphatic rings. The highest BCUT2D eigenvalue weighted by Crippen LogP contribution is 2.21. The fourth-order valence-corrected chi connectivity index (χ4v) is 1.36. The number of carbonyl (C=O) groups excluding carboxylic acids is 1. The van der Waals surface area contributed by atoms with E-state index >= 15 is 0 Å². The van der Waals surface area contributed by atoms with Crippen molar-refractivity contribution < 1.29 is 9.90 Å². The molecule has 0 bridgehead atoms. The van der Waals surface area contributed by atoms with Crippen molar-refractivity contribution in [1.29, 1.82) is 0 Å². The average molecular weight is 259 g/mol. The number of rotatable bonds is 2. The minimum atomic E-state index is -0.426. The van der Waals surface area contributed by atoms with E-state index in [1.54, 1.807) is 0 Å². The second-order valence-corrected chi connectivity index (χ2v) is 5.51. The second-order valence-electron chi connectivity index (χ2n) is 5.51. The van der Waals surface area contributed by atoms with Crippen LogP contribution in [0.3, 0.4) is 0 Å². The first-order valence-electron chi connectivity index (χ1n) is 6.36. The molecule has 1 rings (SSSR count). The third kappa shape index (κ3) is 4.76. The molecular weight excluding hydrogens is 238 g/mol. The topological polar surface area (TPSA) is 49.3 Å². The third-order valence-electron chi connectivity index (χ3n) is 2.64. The number of hydrogen-bond acceptors (Lipinski definition) is 2. The van der Waals surface area contributed by atoms with E-state index in [0.717, 1.165) is 16.8 Å². The Bertz CT molecular complexity index is 516. The van der Waals surface area contributed by atoms with Gasteiger partial charge in [0.2, 0.25) is 5.91 Å². The molecule has 1 aromatic rings. The Morgan fingerprint density at radius 2 is 2.05 bits per heavy atom. The van der Waals surface area contributed by atoms with E-state index in [2.05, 4.69) is 17.2 Å². The lowest BCUT2D eigenvalue weighted by Gasteiger charge is -2.18. The van der Waals surface area contributed by atoms with E-state index in [1.807, 2.05) is 45.9 Å². The second kappa shape index (κ2) is 6.40. The van der Waals surface area contributed by atoms with Gasteiger partial charge < -0.3 is 10.4 Å². The summed E-state index contributed by atoms with van der Waals surface area (Å²) in [6.45, 7) is 7.64. The Kier molecular flexibility index (Phi) is 5.14. The van der Waals surface area contributed by atoms with Gasteiger partial charge in [0, 0.05) is 23.1 Å². The molecule has 1 amide bonds. The Labute approximate surface area is 115 Å². The third-order valence-corrected chi connectivity index (χ3v) is 2.64. The van der Waals surface area contributed by atoms with E-state index in [-0.39, 0.29) is 12.5 Å². The van der Waals surface area contributed by atoms with Crippen LogP contribution in [0.2, 0.25) is 0 Å². The summed E-state index contributed by atoms with van der Waals surface area (Å²) in [7, 11) is 0. The average Bonchev–Trinajstić information content (AvgIpc) is 2.32. The maximum Gasteiger partial charge on any atom is 0.229 e. The normalized spacial score (nSPS) is 10.6. The molecule has 2 N–H and O–H groups in total. The molecule has 3 nitrogen and oxygen atoms in total. The number of nitrogens with one attached hydrogen (secondary N) is 1. The fraction of sp³-hybridized carbons (Fsp3) is 0.438. The summed E-state index contributed by atoms with van der Waals surface area (Å²) in [4.78, 5) is 12.0. The van der Waals surface area contributed by atoms with E-state index in [9.17, 15) is 4.79 Å².